The monoisotopic (exact) mass is 491 g/mol. The van der Waals surface area contributed by atoms with Crippen LogP contribution in [-0.4, -0.2) is 43.0 Å². The van der Waals surface area contributed by atoms with Gasteiger partial charge in [0.25, 0.3) is 5.91 Å². The van der Waals surface area contributed by atoms with Crippen LogP contribution in [0.3, 0.4) is 0 Å². The van der Waals surface area contributed by atoms with Gasteiger partial charge in [0.1, 0.15) is 11.1 Å². The minimum Gasteiger partial charge on any atom is -0.480 e. The van der Waals surface area contributed by atoms with Crippen molar-refractivity contribution < 1.29 is 22.7 Å². The maximum absolute atomic E-state index is 13.7. The van der Waals surface area contributed by atoms with Gasteiger partial charge in [-0.3, -0.25) is 9.78 Å². The number of fused-ring (bicyclic) bond motifs is 1. The molecule has 0 aliphatic carbocycles. The average molecular weight is 491 g/mol. The van der Waals surface area contributed by atoms with E-state index in [0.717, 1.165) is 33.4 Å². The molecule has 0 atom stereocenters. The number of alkyl halides is 3. The molecule has 9 nitrogen and oxygen atoms in total. The number of anilines is 1. The zero-order valence-electron chi connectivity index (χ0n) is 18.6. The van der Waals surface area contributed by atoms with E-state index in [9.17, 15) is 18.0 Å². The zero-order chi connectivity index (χ0) is 25.3. The average Bonchev–Trinajstić information content (AvgIpc) is 3.42. The summed E-state index contributed by atoms with van der Waals surface area (Å²) in [7, 11) is 1.35. The van der Waals surface area contributed by atoms with Crippen molar-refractivity contribution >= 4 is 22.4 Å². The summed E-state index contributed by atoms with van der Waals surface area (Å²) in [5.41, 5.74) is -0.00108. The number of carbonyl (C=O) groups excluding carboxylic acids is 1. The van der Waals surface area contributed by atoms with Gasteiger partial charge in [0.15, 0.2) is 5.82 Å². The number of methoxy groups -OCH3 is 1. The summed E-state index contributed by atoms with van der Waals surface area (Å²) in [6.07, 6.45) is 2.18. The van der Waals surface area contributed by atoms with Gasteiger partial charge in [0.2, 0.25) is 5.88 Å². The normalized spacial score (nSPS) is 11.4. The summed E-state index contributed by atoms with van der Waals surface area (Å²) in [6.45, 7) is 0. The van der Waals surface area contributed by atoms with E-state index in [4.69, 9.17) is 4.74 Å². The van der Waals surface area contributed by atoms with Gasteiger partial charge in [0, 0.05) is 23.3 Å². The van der Waals surface area contributed by atoms with Crippen LogP contribution in [0.4, 0.5) is 18.9 Å². The van der Waals surface area contributed by atoms with E-state index in [0.29, 0.717) is 5.69 Å². The molecule has 0 saturated carbocycles. The van der Waals surface area contributed by atoms with E-state index in [-0.39, 0.29) is 17.1 Å². The number of ether oxygens (including phenoxy) is 1. The Hall–Kier alpha value is -4.87. The Bertz CT molecular complexity index is 1570. The maximum Gasteiger partial charge on any atom is 0.420 e. The molecule has 12 heteroatoms. The second-order valence-corrected chi connectivity index (χ2v) is 7.53. The van der Waals surface area contributed by atoms with Crippen molar-refractivity contribution in [1.82, 2.24) is 29.9 Å². The topological polar surface area (TPSA) is 108 Å². The maximum atomic E-state index is 13.7. The molecule has 5 aromatic rings. The van der Waals surface area contributed by atoms with Crippen LogP contribution in [0.25, 0.3) is 27.8 Å². The molecule has 1 amide bonds. The van der Waals surface area contributed by atoms with Crippen molar-refractivity contribution in [3.8, 4) is 23.0 Å². The lowest BCUT2D eigenvalue weighted by molar-refractivity contribution is -0.137. The van der Waals surface area contributed by atoms with Crippen molar-refractivity contribution in [1.29, 1.82) is 0 Å². The molecule has 0 aliphatic heterocycles. The molecule has 0 fully saturated rings. The largest absolute Gasteiger partial charge is 0.480 e. The first-order valence-electron chi connectivity index (χ1n) is 10.5. The number of benzene rings is 1. The van der Waals surface area contributed by atoms with Crippen LogP contribution in [0.15, 0.2) is 73.4 Å². The highest BCUT2D eigenvalue weighted by Gasteiger charge is 2.36. The van der Waals surface area contributed by atoms with E-state index in [1.807, 2.05) is 24.3 Å². The van der Waals surface area contributed by atoms with Gasteiger partial charge in [-0.05, 0) is 23.6 Å². The van der Waals surface area contributed by atoms with Gasteiger partial charge in [0.05, 0.1) is 37.1 Å². The number of nitrogens with one attached hydrogen (secondary N) is 1. The Balaban J connectivity index is 1.47. The van der Waals surface area contributed by atoms with E-state index < -0.39 is 23.5 Å². The molecular formula is C24H16F3N7O2. The Morgan fingerprint density at radius 2 is 1.81 bits per heavy atom. The molecule has 4 aromatic heterocycles. The van der Waals surface area contributed by atoms with Gasteiger partial charge in [-0.15, -0.1) is 4.80 Å². The molecule has 180 valence electrons. The number of amides is 1. The Morgan fingerprint density at radius 1 is 1.03 bits per heavy atom. The van der Waals surface area contributed by atoms with Gasteiger partial charge in [-0.25, -0.2) is 9.97 Å². The van der Waals surface area contributed by atoms with Crippen LogP contribution in [0, 0.1) is 0 Å². The Morgan fingerprint density at radius 3 is 2.56 bits per heavy atom. The molecule has 1 N–H and O–H groups in total. The highest BCUT2D eigenvalue weighted by Crippen LogP contribution is 2.34. The summed E-state index contributed by atoms with van der Waals surface area (Å²) in [5.74, 6) is -1.24. The number of pyridine rings is 3. The van der Waals surface area contributed by atoms with Crippen molar-refractivity contribution in [2.24, 2.45) is 0 Å². The first-order chi connectivity index (χ1) is 17.3. The van der Waals surface area contributed by atoms with Crippen molar-refractivity contribution in [3.05, 3.63) is 84.6 Å². The minimum atomic E-state index is -4.76. The quantitative estimate of drug-likeness (QED) is 0.384. The smallest absolute Gasteiger partial charge is 0.420 e. The summed E-state index contributed by atoms with van der Waals surface area (Å²) < 4.78 is 46.3. The van der Waals surface area contributed by atoms with Crippen LogP contribution in [0.2, 0.25) is 0 Å². The molecule has 4 heterocycles. The van der Waals surface area contributed by atoms with Crippen LogP contribution in [0.5, 0.6) is 5.88 Å². The highest BCUT2D eigenvalue weighted by molar-refractivity contribution is 6.06. The minimum absolute atomic E-state index is 0.000649. The van der Waals surface area contributed by atoms with Gasteiger partial charge in [-0.2, -0.15) is 23.4 Å². The first-order valence-corrected chi connectivity index (χ1v) is 10.5. The Labute approximate surface area is 201 Å². The number of nitrogens with zero attached hydrogens (tertiary/aromatic N) is 6. The number of aromatic nitrogens is 6. The third kappa shape index (κ3) is 4.31. The molecule has 0 aliphatic rings. The van der Waals surface area contributed by atoms with E-state index in [2.05, 4.69) is 30.5 Å². The lowest BCUT2D eigenvalue weighted by Crippen LogP contribution is -2.18. The van der Waals surface area contributed by atoms with Crippen LogP contribution in [-0.2, 0) is 6.18 Å². The summed E-state index contributed by atoms with van der Waals surface area (Å²) in [5, 5.41) is 11.7. The van der Waals surface area contributed by atoms with Gasteiger partial charge < -0.3 is 10.1 Å². The fraction of sp³-hybridized carbons (Fsp3) is 0.0833. The molecule has 36 heavy (non-hydrogen) atoms. The molecule has 0 saturated heterocycles. The lowest BCUT2D eigenvalue weighted by Gasteiger charge is -2.14. The summed E-state index contributed by atoms with van der Waals surface area (Å²) in [6, 6.07) is 11.5. The highest BCUT2D eigenvalue weighted by atomic mass is 19.4. The van der Waals surface area contributed by atoms with E-state index >= 15 is 0 Å². The fourth-order valence-corrected chi connectivity index (χ4v) is 3.66. The van der Waals surface area contributed by atoms with Crippen molar-refractivity contribution in [2.45, 2.75) is 6.18 Å². The molecule has 0 bridgehead atoms. The van der Waals surface area contributed by atoms with Crippen molar-refractivity contribution in [3.63, 3.8) is 0 Å². The predicted molar refractivity (Wildman–Crippen MR) is 124 cm³/mol. The van der Waals surface area contributed by atoms with Gasteiger partial charge >= 0.3 is 6.18 Å². The SMILES string of the molecule is COc1nc(-c2cncc3ccccc23)ccc1C(=O)Nc1cnc(-n2nccn2)c(C(F)(F)F)c1. The molecule has 0 radical (unpaired) electrons. The third-order valence-corrected chi connectivity index (χ3v) is 5.28. The fourth-order valence-electron chi connectivity index (χ4n) is 3.66. The zero-order valence-corrected chi connectivity index (χ0v) is 18.6. The third-order valence-electron chi connectivity index (χ3n) is 5.28. The predicted octanol–water partition coefficient (Wildman–Crippen LogP) is 4.55. The first kappa shape index (κ1) is 22.9. The van der Waals surface area contributed by atoms with Gasteiger partial charge in [-0.1, -0.05) is 24.3 Å². The molecular weight excluding hydrogens is 475 g/mol. The van der Waals surface area contributed by atoms with Crippen LogP contribution < -0.4 is 10.1 Å². The number of rotatable bonds is 5. The number of hydrogen-bond donors (Lipinski definition) is 1. The van der Waals surface area contributed by atoms with Crippen molar-refractivity contribution in [2.75, 3.05) is 12.4 Å². The Kier molecular flexibility index (Phi) is 5.76. The molecule has 0 spiro atoms. The standard InChI is InChI=1S/C24H16F3N7O2/c1-36-23-17(6-7-20(33-23)18-13-28-11-14-4-2-3-5-16(14)18)22(35)32-15-10-19(24(25,26)27)21(29-12-15)34-30-8-9-31-34/h2-13H,1H3,(H,32,35). The summed E-state index contributed by atoms with van der Waals surface area (Å²) >= 11 is 0. The second-order valence-electron chi connectivity index (χ2n) is 7.53. The second kappa shape index (κ2) is 9.06. The summed E-state index contributed by atoms with van der Waals surface area (Å²) in [4.78, 5) is 26.2. The lowest BCUT2D eigenvalue weighted by atomic mass is 10.0. The molecule has 0 unspecified atom stereocenters. The number of carbonyl (C=O) groups is 1. The number of halogens is 3. The van der Waals surface area contributed by atoms with E-state index in [1.165, 1.54) is 25.6 Å². The van der Waals surface area contributed by atoms with Crippen LogP contribution >= 0.6 is 0 Å². The molecule has 5 rings (SSSR count). The van der Waals surface area contributed by atoms with Crippen LogP contribution in [0.1, 0.15) is 15.9 Å². The molecule has 1 aromatic carbocycles. The number of hydrogen-bond acceptors (Lipinski definition) is 7. The van der Waals surface area contributed by atoms with E-state index in [1.54, 1.807) is 18.5 Å².